The van der Waals surface area contributed by atoms with E-state index in [0.29, 0.717) is 16.8 Å². The molecule has 2 aromatic rings. The summed E-state index contributed by atoms with van der Waals surface area (Å²) in [5, 5.41) is 9.04. The van der Waals surface area contributed by atoms with Crippen LogP contribution in [0.2, 0.25) is 0 Å². The summed E-state index contributed by atoms with van der Waals surface area (Å²) in [6.07, 6.45) is 1.90. The largest absolute Gasteiger partial charge is 0.478 e. The summed E-state index contributed by atoms with van der Waals surface area (Å²) in [5.41, 5.74) is -0.409. The Morgan fingerprint density at radius 2 is 2.15 bits per heavy atom. The average molecular weight is 294 g/mol. The topological polar surface area (TPSA) is 92.2 Å². The molecule has 0 aliphatic heterocycles. The van der Waals surface area contributed by atoms with E-state index in [1.54, 1.807) is 11.8 Å². The molecule has 0 aliphatic rings. The van der Waals surface area contributed by atoms with Gasteiger partial charge in [0, 0.05) is 11.8 Å². The molecule has 106 valence electrons. The van der Waals surface area contributed by atoms with Crippen LogP contribution in [0, 0.1) is 0 Å². The van der Waals surface area contributed by atoms with E-state index in [9.17, 15) is 14.4 Å². The molecule has 1 atom stereocenters. The van der Waals surface area contributed by atoms with E-state index in [1.165, 1.54) is 22.8 Å². The molecular weight excluding hydrogens is 280 g/mol. The first-order valence-corrected chi connectivity index (χ1v) is 7.36. The first-order chi connectivity index (χ1) is 9.45. The minimum absolute atomic E-state index is 0.0778. The highest BCUT2D eigenvalue weighted by atomic mass is 32.2. The number of carbonyl (C=O) groups is 1. The number of aromatic amines is 1. The fourth-order valence-corrected chi connectivity index (χ4v) is 2.75. The lowest BCUT2D eigenvalue weighted by atomic mass is 10.2. The smallest absolute Gasteiger partial charge is 0.335 e. The molecule has 6 nitrogen and oxygen atoms in total. The highest BCUT2D eigenvalue weighted by Gasteiger charge is 2.15. The lowest BCUT2D eigenvalue weighted by Gasteiger charge is -2.16. The van der Waals surface area contributed by atoms with Gasteiger partial charge in [0.1, 0.15) is 0 Å². The SMILES string of the molecule is CSCC(C)n1c(=O)c(=O)[nH]c2ccc(C(=O)O)cc21. The number of rotatable bonds is 4. The number of benzene rings is 1. The molecule has 0 fully saturated rings. The molecule has 1 heterocycles. The number of carboxylic acid groups (broad SMARTS) is 1. The molecule has 7 heteroatoms. The van der Waals surface area contributed by atoms with Crippen molar-refractivity contribution in [1.29, 1.82) is 0 Å². The van der Waals surface area contributed by atoms with Crippen LogP contribution in [-0.2, 0) is 0 Å². The number of nitrogens with zero attached hydrogens (tertiary/aromatic N) is 1. The van der Waals surface area contributed by atoms with Crippen LogP contribution in [0.3, 0.4) is 0 Å². The third-order valence-corrected chi connectivity index (χ3v) is 3.83. The molecule has 2 N–H and O–H groups in total. The van der Waals surface area contributed by atoms with Crippen molar-refractivity contribution in [3.05, 3.63) is 44.5 Å². The Hall–Kier alpha value is -2.02. The molecule has 0 amide bonds. The van der Waals surface area contributed by atoms with Gasteiger partial charge >= 0.3 is 17.1 Å². The maximum atomic E-state index is 12.0. The second-order valence-electron chi connectivity index (χ2n) is 4.47. The van der Waals surface area contributed by atoms with Gasteiger partial charge < -0.3 is 10.1 Å². The molecule has 0 bridgehead atoms. The first-order valence-electron chi connectivity index (χ1n) is 5.96. The molecule has 1 unspecified atom stereocenters. The van der Waals surface area contributed by atoms with E-state index in [0.717, 1.165) is 0 Å². The van der Waals surface area contributed by atoms with Gasteiger partial charge in [-0.25, -0.2) is 4.79 Å². The van der Waals surface area contributed by atoms with Gasteiger partial charge in [-0.05, 0) is 31.4 Å². The van der Waals surface area contributed by atoms with Crippen LogP contribution in [0.15, 0.2) is 27.8 Å². The van der Waals surface area contributed by atoms with Gasteiger partial charge in [-0.3, -0.25) is 14.2 Å². The van der Waals surface area contributed by atoms with Gasteiger partial charge in [0.2, 0.25) is 0 Å². The Labute approximate surface area is 118 Å². The van der Waals surface area contributed by atoms with Gasteiger partial charge in [-0.2, -0.15) is 11.8 Å². The van der Waals surface area contributed by atoms with Crippen molar-refractivity contribution < 1.29 is 9.90 Å². The highest BCUT2D eigenvalue weighted by Crippen LogP contribution is 2.17. The highest BCUT2D eigenvalue weighted by molar-refractivity contribution is 7.98. The van der Waals surface area contributed by atoms with Crippen molar-refractivity contribution in [3.8, 4) is 0 Å². The standard InChI is InChI=1S/C13H14N2O4S/c1-7(6-20-2)15-10-5-8(13(18)19)3-4-9(10)14-11(16)12(15)17/h3-5,7H,6H2,1-2H3,(H,14,16)(H,18,19). The van der Waals surface area contributed by atoms with Gasteiger partial charge in [0.05, 0.1) is 16.6 Å². The number of nitrogens with one attached hydrogen (secondary N) is 1. The fraction of sp³-hybridized carbons (Fsp3) is 0.308. The molecule has 0 radical (unpaired) electrons. The number of thioether (sulfide) groups is 1. The summed E-state index contributed by atoms with van der Waals surface area (Å²) in [4.78, 5) is 37.2. The Kier molecular flexibility index (Phi) is 3.99. The van der Waals surface area contributed by atoms with E-state index in [4.69, 9.17) is 5.11 Å². The van der Waals surface area contributed by atoms with Gasteiger partial charge in [-0.15, -0.1) is 0 Å². The first kappa shape index (κ1) is 14.4. The Morgan fingerprint density at radius 3 is 2.75 bits per heavy atom. The zero-order valence-electron chi connectivity index (χ0n) is 11.0. The third kappa shape index (κ3) is 2.49. The number of carboxylic acids is 1. The van der Waals surface area contributed by atoms with Crippen molar-refractivity contribution in [2.45, 2.75) is 13.0 Å². The van der Waals surface area contributed by atoms with Gasteiger partial charge in [0.15, 0.2) is 0 Å². The fourth-order valence-electron chi connectivity index (χ4n) is 2.12. The average Bonchev–Trinajstić information content (AvgIpc) is 2.39. The molecule has 1 aromatic heterocycles. The van der Waals surface area contributed by atoms with Crippen molar-refractivity contribution >= 4 is 28.8 Å². The summed E-state index contributed by atoms with van der Waals surface area (Å²) >= 11 is 1.55. The number of hydrogen-bond acceptors (Lipinski definition) is 4. The molecular formula is C13H14N2O4S. The van der Waals surface area contributed by atoms with E-state index in [1.807, 2.05) is 13.2 Å². The molecule has 0 saturated heterocycles. The quantitative estimate of drug-likeness (QED) is 0.829. The lowest BCUT2D eigenvalue weighted by Crippen LogP contribution is -2.38. The maximum Gasteiger partial charge on any atom is 0.335 e. The van der Waals surface area contributed by atoms with Crippen molar-refractivity contribution in [2.24, 2.45) is 0 Å². The molecule has 2 rings (SSSR count). The second kappa shape index (κ2) is 5.54. The monoisotopic (exact) mass is 294 g/mol. The minimum Gasteiger partial charge on any atom is -0.478 e. The van der Waals surface area contributed by atoms with Crippen LogP contribution >= 0.6 is 11.8 Å². The zero-order valence-corrected chi connectivity index (χ0v) is 11.9. The van der Waals surface area contributed by atoms with Crippen molar-refractivity contribution in [1.82, 2.24) is 9.55 Å². The maximum absolute atomic E-state index is 12.0. The second-order valence-corrected chi connectivity index (χ2v) is 5.38. The van der Waals surface area contributed by atoms with Crippen LogP contribution in [-0.4, -0.2) is 32.6 Å². The Balaban J connectivity index is 2.83. The van der Waals surface area contributed by atoms with Gasteiger partial charge in [0.25, 0.3) is 0 Å². The van der Waals surface area contributed by atoms with E-state index in [2.05, 4.69) is 4.98 Å². The summed E-state index contributed by atoms with van der Waals surface area (Å²) in [7, 11) is 0. The number of aromatic carboxylic acids is 1. The molecule has 1 aromatic carbocycles. The summed E-state index contributed by atoms with van der Waals surface area (Å²) < 4.78 is 1.36. The van der Waals surface area contributed by atoms with Crippen LogP contribution in [0.25, 0.3) is 11.0 Å². The van der Waals surface area contributed by atoms with Crippen molar-refractivity contribution in [3.63, 3.8) is 0 Å². The lowest BCUT2D eigenvalue weighted by molar-refractivity contribution is 0.0697. The van der Waals surface area contributed by atoms with E-state index >= 15 is 0 Å². The van der Waals surface area contributed by atoms with E-state index < -0.39 is 17.1 Å². The number of fused-ring (bicyclic) bond motifs is 1. The van der Waals surface area contributed by atoms with Crippen LogP contribution in [0.5, 0.6) is 0 Å². The van der Waals surface area contributed by atoms with Gasteiger partial charge in [-0.1, -0.05) is 0 Å². The predicted molar refractivity (Wildman–Crippen MR) is 78.9 cm³/mol. The molecule has 0 spiro atoms. The van der Waals surface area contributed by atoms with Crippen molar-refractivity contribution in [2.75, 3.05) is 12.0 Å². The number of H-pyrrole nitrogens is 1. The third-order valence-electron chi connectivity index (χ3n) is 3.01. The number of hydrogen-bond donors (Lipinski definition) is 2. The minimum atomic E-state index is -1.07. The normalized spacial score (nSPS) is 12.5. The van der Waals surface area contributed by atoms with E-state index in [-0.39, 0.29) is 11.6 Å². The van der Waals surface area contributed by atoms with Crippen LogP contribution in [0.1, 0.15) is 23.3 Å². The molecule has 0 aliphatic carbocycles. The molecule has 0 saturated carbocycles. The predicted octanol–water partition coefficient (Wildman–Crippen LogP) is 1.31. The summed E-state index contributed by atoms with van der Waals surface area (Å²) in [6, 6.07) is 4.11. The Morgan fingerprint density at radius 1 is 1.45 bits per heavy atom. The summed E-state index contributed by atoms with van der Waals surface area (Å²) in [5.74, 6) is -0.426. The molecule has 20 heavy (non-hydrogen) atoms. The Bertz CT molecular complexity index is 778. The van der Waals surface area contributed by atoms with Crippen LogP contribution in [0.4, 0.5) is 0 Å². The summed E-state index contributed by atoms with van der Waals surface area (Å²) in [6.45, 7) is 1.82. The van der Waals surface area contributed by atoms with Crippen LogP contribution < -0.4 is 11.1 Å². The zero-order chi connectivity index (χ0) is 14.9. The number of aromatic nitrogens is 2.